The van der Waals surface area contributed by atoms with Crippen molar-refractivity contribution in [3.8, 4) is 0 Å². The lowest BCUT2D eigenvalue weighted by molar-refractivity contribution is 0.140. The molecular formula is C12H19NOS. The van der Waals surface area contributed by atoms with Crippen molar-refractivity contribution in [2.24, 2.45) is 5.92 Å². The van der Waals surface area contributed by atoms with E-state index >= 15 is 0 Å². The van der Waals surface area contributed by atoms with Crippen molar-refractivity contribution in [2.45, 2.75) is 25.8 Å². The van der Waals surface area contributed by atoms with Crippen LogP contribution in [0.4, 0.5) is 0 Å². The summed E-state index contributed by atoms with van der Waals surface area (Å²) in [5, 5.41) is 11.5. The number of thiophene rings is 1. The zero-order valence-corrected chi connectivity index (χ0v) is 10.0. The number of hydrogen-bond donors (Lipinski definition) is 1. The molecule has 2 unspecified atom stereocenters. The molecule has 1 N–H and O–H groups in total. The summed E-state index contributed by atoms with van der Waals surface area (Å²) < 4.78 is 0. The third kappa shape index (κ3) is 2.60. The standard InChI is InChI=1S/C12H19NOS/c1-10-4-6-13(12(10)9-14)7-5-11-3-2-8-15-11/h2-3,8,10,12,14H,4-7,9H2,1H3. The van der Waals surface area contributed by atoms with Gasteiger partial charge in [0.25, 0.3) is 0 Å². The van der Waals surface area contributed by atoms with Crippen molar-refractivity contribution < 1.29 is 5.11 Å². The van der Waals surface area contributed by atoms with Gasteiger partial charge in [0.2, 0.25) is 0 Å². The molecule has 1 fully saturated rings. The molecule has 0 spiro atoms. The van der Waals surface area contributed by atoms with Gasteiger partial charge >= 0.3 is 0 Å². The largest absolute Gasteiger partial charge is 0.395 e. The van der Waals surface area contributed by atoms with Gasteiger partial charge in [0, 0.05) is 17.5 Å². The Kier molecular flexibility index (Phi) is 3.78. The molecule has 1 aromatic rings. The Hall–Kier alpha value is -0.380. The predicted molar refractivity (Wildman–Crippen MR) is 64.3 cm³/mol. The van der Waals surface area contributed by atoms with Crippen LogP contribution in [0.5, 0.6) is 0 Å². The fourth-order valence-corrected chi connectivity index (χ4v) is 3.07. The number of hydrogen-bond acceptors (Lipinski definition) is 3. The summed E-state index contributed by atoms with van der Waals surface area (Å²) in [5.74, 6) is 0.651. The van der Waals surface area contributed by atoms with Gasteiger partial charge in [0.1, 0.15) is 0 Å². The summed E-state index contributed by atoms with van der Waals surface area (Å²) in [5.41, 5.74) is 0. The van der Waals surface area contributed by atoms with Gasteiger partial charge in [-0.3, -0.25) is 4.90 Å². The van der Waals surface area contributed by atoms with Gasteiger partial charge in [-0.15, -0.1) is 11.3 Å². The molecule has 2 nitrogen and oxygen atoms in total. The Morgan fingerprint density at radius 3 is 3.13 bits per heavy atom. The first-order chi connectivity index (χ1) is 7.31. The first kappa shape index (κ1) is 11.1. The molecule has 84 valence electrons. The summed E-state index contributed by atoms with van der Waals surface area (Å²) in [7, 11) is 0. The molecule has 0 saturated carbocycles. The van der Waals surface area contributed by atoms with E-state index in [0.29, 0.717) is 18.6 Å². The predicted octanol–water partition coefficient (Wildman–Crippen LogP) is 1.99. The van der Waals surface area contributed by atoms with Gasteiger partial charge in [0.15, 0.2) is 0 Å². The van der Waals surface area contributed by atoms with E-state index in [4.69, 9.17) is 0 Å². The minimum absolute atomic E-state index is 0.311. The summed E-state index contributed by atoms with van der Waals surface area (Å²) in [6, 6.07) is 4.69. The van der Waals surface area contributed by atoms with E-state index in [0.717, 1.165) is 19.5 Å². The first-order valence-corrected chi connectivity index (χ1v) is 6.56. The molecule has 2 rings (SSSR count). The van der Waals surface area contributed by atoms with Crippen LogP contribution >= 0.6 is 11.3 Å². The van der Waals surface area contributed by atoms with Crippen molar-refractivity contribution in [3.63, 3.8) is 0 Å². The van der Waals surface area contributed by atoms with Crippen molar-refractivity contribution in [1.82, 2.24) is 4.90 Å². The molecule has 1 aromatic heterocycles. The van der Waals surface area contributed by atoms with Gasteiger partial charge in [-0.1, -0.05) is 13.0 Å². The minimum atomic E-state index is 0.311. The minimum Gasteiger partial charge on any atom is -0.395 e. The highest BCUT2D eigenvalue weighted by Gasteiger charge is 2.29. The fraction of sp³-hybridized carbons (Fsp3) is 0.667. The molecule has 0 aliphatic carbocycles. The van der Waals surface area contributed by atoms with Gasteiger partial charge in [-0.2, -0.15) is 0 Å². The maximum Gasteiger partial charge on any atom is 0.0589 e. The molecule has 0 aromatic carbocycles. The van der Waals surface area contributed by atoms with Gasteiger partial charge < -0.3 is 5.11 Å². The second-order valence-electron chi connectivity index (χ2n) is 4.38. The Morgan fingerprint density at radius 1 is 1.60 bits per heavy atom. The average molecular weight is 225 g/mol. The third-order valence-electron chi connectivity index (χ3n) is 3.41. The van der Waals surface area contributed by atoms with Crippen molar-refractivity contribution in [2.75, 3.05) is 19.7 Å². The molecule has 3 heteroatoms. The maximum atomic E-state index is 9.32. The van der Waals surface area contributed by atoms with Crippen molar-refractivity contribution >= 4 is 11.3 Å². The Balaban J connectivity index is 1.84. The smallest absolute Gasteiger partial charge is 0.0589 e. The second kappa shape index (κ2) is 5.10. The Labute approximate surface area is 95.5 Å². The normalized spacial score (nSPS) is 27.3. The third-order valence-corrected chi connectivity index (χ3v) is 4.35. The van der Waals surface area contributed by atoms with Crippen LogP contribution in [0.3, 0.4) is 0 Å². The molecular weight excluding hydrogens is 206 g/mol. The summed E-state index contributed by atoms with van der Waals surface area (Å²) in [6.45, 7) is 4.80. The van der Waals surface area contributed by atoms with Crippen LogP contribution < -0.4 is 0 Å². The SMILES string of the molecule is CC1CCN(CCc2cccs2)C1CO. The highest BCUT2D eigenvalue weighted by atomic mass is 32.1. The summed E-state index contributed by atoms with van der Waals surface area (Å²) >= 11 is 1.83. The molecule has 0 bridgehead atoms. The number of nitrogens with zero attached hydrogens (tertiary/aromatic N) is 1. The van der Waals surface area contributed by atoms with Crippen LogP contribution in [-0.4, -0.2) is 35.7 Å². The lowest BCUT2D eigenvalue weighted by Gasteiger charge is -2.24. The van der Waals surface area contributed by atoms with E-state index < -0.39 is 0 Å². The van der Waals surface area contributed by atoms with E-state index in [2.05, 4.69) is 29.3 Å². The zero-order valence-electron chi connectivity index (χ0n) is 9.22. The zero-order chi connectivity index (χ0) is 10.7. The number of likely N-dealkylation sites (tertiary alicyclic amines) is 1. The number of aliphatic hydroxyl groups is 1. The van der Waals surface area contributed by atoms with Crippen LogP contribution in [0.25, 0.3) is 0 Å². The monoisotopic (exact) mass is 225 g/mol. The van der Waals surface area contributed by atoms with Crippen LogP contribution in [0.2, 0.25) is 0 Å². The molecule has 0 amide bonds. The molecule has 0 radical (unpaired) electrons. The highest BCUT2D eigenvalue weighted by molar-refractivity contribution is 7.09. The van der Waals surface area contributed by atoms with Crippen molar-refractivity contribution in [3.05, 3.63) is 22.4 Å². The molecule has 1 aliphatic rings. The molecule has 2 atom stereocenters. The van der Waals surface area contributed by atoms with E-state index in [1.54, 1.807) is 0 Å². The molecule has 1 saturated heterocycles. The van der Waals surface area contributed by atoms with E-state index in [9.17, 15) is 5.11 Å². The summed E-state index contributed by atoms with van der Waals surface area (Å²) in [6.07, 6.45) is 2.36. The first-order valence-electron chi connectivity index (χ1n) is 5.68. The van der Waals surface area contributed by atoms with Crippen LogP contribution in [0.1, 0.15) is 18.2 Å². The molecule has 1 aliphatic heterocycles. The Morgan fingerprint density at radius 2 is 2.47 bits per heavy atom. The van der Waals surface area contributed by atoms with Gasteiger partial charge in [-0.05, 0) is 36.8 Å². The topological polar surface area (TPSA) is 23.5 Å². The fourth-order valence-electron chi connectivity index (χ4n) is 2.37. The van der Waals surface area contributed by atoms with E-state index in [-0.39, 0.29) is 0 Å². The Bertz CT molecular complexity index is 286. The quantitative estimate of drug-likeness (QED) is 0.847. The van der Waals surface area contributed by atoms with Gasteiger partial charge in [0.05, 0.1) is 6.61 Å². The van der Waals surface area contributed by atoms with Crippen LogP contribution in [0, 0.1) is 5.92 Å². The highest BCUT2D eigenvalue weighted by Crippen LogP contribution is 2.23. The van der Waals surface area contributed by atoms with Crippen LogP contribution in [-0.2, 0) is 6.42 Å². The van der Waals surface area contributed by atoms with Gasteiger partial charge in [-0.25, -0.2) is 0 Å². The molecule has 15 heavy (non-hydrogen) atoms. The second-order valence-corrected chi connectivity index (χ2v) is 5.41. The van der Waals surface area contributed by atoms with Crippen LogP contribution in [0.15, 0.2) is 17.5 Å². The summed E-state index contributed by atoms with van der Waals surface area (Å²) in [4.78, 5) is 3.89. The van der Waals surface area contributed by atoms with E-state index in [1.807, 2.05) is 11.3 Å². The van der Waals surface area contributed by atoms with Crippen molar-refractivity contribution in [1.29, 1.82) is 0 Å². The average Bonchev–Trinajstić information content (AvgIpc) is 2.84. The maximum absolute atomic E-state index is 9.32. The lowest BCUT2D eigenvalue weighted by atomic mass is 10.0. The van der Waals surface area contributed by atoms with E-state index in [1.165, 1.54) is 11.3 Å². The lowest BCUT2D eigenvalue weighted by Crippen LogP contribution is -2.36. The number of aliphatic hydroxyl groups excluding tert-OH is 1. The number of rotatable bonds is 4. The molecule has 2 heterocycles.